The fourth-order valence-corrected chi connectivity index (χ4v) is 1.88. The summed E-state index contributed by atoms with van der Waals surface area (Å²) < 4.78 is 16.1. The maximum absolute atomic E-state index is 13.8. The Morgan fingerprint density at radius 1 is 1.50 bits per heavy atom. The SMILES string of the molecule is O=C(O)/C=C/c1cccc(F)c1-n1cc(I)cn1. The monoisotopic (exact) mass is 358 g/mol. The molecule has 92 valence electrons. The number of aliphatic carboxylic acids is 1. The van der Waals surface area contributed by atoms with E-state index in [2.05, 4.69) is 27.7 Å². The average molecular weight is 358 g/mol. The van der Waals surface area contributed by atoms with Gasteiger partial charge in [0.1, 0.15) is 11.5 Å². The summed E-state index contributed by atoms with van der Waals surface area (Å²) in [7, 11) is 0. The van der Waals surface area contributed by atoms with E-state index < -0.39 is 11.8 Å². The van der Waals surface area contributed by atoms with Crippen LogP contribution in [-0.4, -0.2) is 20.9 Å². The molecule has 0 aliphatic heterocycles. The van der Waals surface area contributed by atoms with Gasteiger partial charge in [-0.3, -0.25) is 0 Å². The Morgan fingerprint density at radius 2 is 2.28 bits per heavy atom. The maximum Gasteiger partial charge on any atom is 0.328 e. The molecule has 0 amide bonds. The van der Waals surface area contributed by atoms with Gasteiger partial charge in [0.15, 0.2) is 0 Å². The third-order valence-electron chi connectivity index (χ3n) is 2.20. The maximum atomic E-state index is 13.8. The molecule has 0 saturated carbocycles. The Morgan fingerprint density at radius 3 is 2.89 bits per heavy atom. The molecule has 1 aromatic heterocycles. The van der Waals surface area contributed by atoms with Crippen LogP contribution in [0, 0.1) is 9.39 Å². The molecule has 0 unspecified atom stereocenters. The summed E-state index contributed by atoms with van der Waals surface area (Å²) in [5.41, 5.74) is 0.690. The van der Waals surface area contributed by atoms with Gasteiger partial charge in [-0.15, -0.1) is 0 Å². The zero-order chi connectivity index (χ0) is 13.1. The molecule has 0 bridgehead atoms. The number of carboxylic acids is 1. The number of halogens is 2. The van der Waals surface area contributed by atoms with Gasteiger partial charge in [-0.25, -0.2) is 13.9 Å². The second-order valence-electron chi connectivity index (χ2n) is 3.45. The molecule has 18 heavy (non-hydrogen) atoms. The van der Waals surface area contributed by atoms with E-state index in [9.17, 15) is 9.18 Å². The predicted molar refractivity (Wildman–Crippen MR) is 72.9 cm³/mol. The molecular formula is C12H8FIN2O2. The summed E-state index contributed by atoms with van der Waals surface area (Å²) in [6, 6.07) is 4.46. The summed E-state index contributed by atoms with van der Waals surface area (Å²) in [5, 5.41) is 12.6. The van der Waals surface area contributed by atoms with Crippen LogP contribution in [-0.2, 0) is 4.79 Å². The van der Waals surface area contributed by atoms with Gasteiger partial charge >= 0.3 is 5.97 Å². The van der Waals surface area contributed by atoms with Crippen molar-refractivity contribution in [3.63, 3.8) is 0 Å². The van der Waals surface area contributed by atoms with Crippen LogP contribution in [0.2, 0.25) is 0 Å². The highest BCUT2D eigenvalue weighted by atomic mass is 127. The van der Waals surface area contributed by atoms with Crippen LogP contribution in [0.3, 0.4) is 0 Å². The van der Waals surface area contributed by atoms with Crippen LogP contribution in [0.5, 0.6) is 0 Å². The van der Waals surface area contributed by atoms with Gasteiger partial charge < -0.3 is 5.11 Å². The van der Waals surface area contributed by atoms with Crippen molar-refractivity contribution in [3.8, 4) is 5.69 Å². The van der Waals surface area contributed by atoms with E-state index in [4.69, 9.17) is 5.11 Å². The van der Waals surface area contributed by atoms with Gasteiger partial charge in [0.25, 0.3) is 0 Å². The van der Waals surface area contributed by atoms with E-state index >= 15 is 0 Å². The molecule has 0 atom stereocenters. The molecule has 0 aliphatic rings. The molecule has 0 radical (unpaired) electrons. The molecule has 2 aromatic rings. The summed E-state index contributed by atoms with van der Waals surface area (Å²) >= 11 is 2.06. The minimum absolute atomic E-state index is 0.234. The molecule has 0 fully saturated rings. The molecule has 1 aromatic carbocycles. The normalized spacial score (nSPS) is 11.0. The van der Waals surface area contributed by atoms with Crippen molar-refractivity contribution in [1.82, 2.24) is 9.78 Å². The number of carboxylic acid groups (broad SMARTS) is 1. The van der Waals surface area contributed by atoms with Gasteiger partial charge in [-0.1, -0.05) is 12.1 Å². The van der Waals surface area contributed by atoms with Gasteiger partial charge in [0.05, 0.1) is 9.77 Å². The Hall–Kier alpha value is -1.70. The van der Waals surface area contributed by atoms with Gasteiger partial charge in [-0.05, 0) is 34.7 Å². The lowest BCUT2D eigenvalue weighted by molar-refractivity contribution is -0.131. The first-order valence-electron chi connectivity index (χ1n) is 4.98. The second-order valence-corrected chi connectivity index (χ2v) is 4.70. The summed E-state index contributed by atoms with van der Waals surface area (Å²) in [6.07, 6.45) is 5.57. The standard InChI is InChI=1S/C12H8FIN2O2/c13-10-3-1-2-8(4-5-11(17)18)12(10)16-7-9(14)6-15-16/h1-7H,(H,17,18)/b5-4+. The third kappa shape index (κ3) is 2.76. The molecule has 6 heteroatoms. The van der Waals surface area contributed by atoms with Crippen molar-refractivity contribution in [2.75, 3.05) is 0 Å². The largest absolute Gasteiger partial charge is 0.478 e. The van der Waals surface area contributed by atoms with Crippen molar-refractivity contribution in [1.29, 1.82) is 0 Å². The van der Waals surface area contributed by atoms with Crippen molar-refractivity contribution in [2.24, 2.45) is 0 Å². The van der Waals surface area contributed by atoms with E-state index in [0.717, 1.165) is 9.65 Å². The van der Waals surface area contributed by atoms with E-state index in [0.29, 0.717) is 5.56 Å². The lowest BCUT2D eigenvalue weighted by Crippen LogP contribution is -2.01. The van der Waals surface area contributed by atoms with Crippen molar-refractivity contribution in [2.45, 2.75) is 0 Å². The second kappa shape index (κ2) is 5.30. The first-order chi connectivity index (χ1) is 8.58. The molecule has 0 spiro atoms. The van der Waals surface area contributed by atoms with Gasteiger partial charge in [-0.2, -0.15) is 5.10 Å². The number of carbonyl (C=O) groups is 1. The molecule has 0 saturated heterocycles. The van der Waals surface area contributed by atoms with Gasteiger partial charge in [0.2, 0.25) is 0 Å². The predicted octanol–water partition coefficient (Wildman–Crippen LogP) is 2.71. The van der Waals surface area contributed by atoms with E-state index in [1.165, 1.54) is 22.9 Å². The number of para-hydroxylation sites is 1. The van der Waals surface area contributed by atoms with Gasteiger partial charge in [0, 0.05) is 17.8 Å². The molecule has 1 N–H and O–H groups in total. The van der Waals surface area contributed by atoms with Crippen LogP contribution in [0.15, 0.2) is 36.7 Å². The zero-order valence-electron chi connectivity index (χ0n) is 9.05. The number of hydrogen-bond donors (Lipinski definition) is 1. The highest BCUT2D eigenvalue weighted by Gasteiger charge is 2.10. The Labute approximate surface area is 116 Å². The third-order valence-corrected chi connectivity index (χ3v) is 2.76. The Balaban J connectivity index is 2.54. The number of benzene rings is 1. The average Bonchev–Trinajstić information content (AvgIpc) is 2.72. The van der Waals surface area contributed by atoms with Crippen LogP contribution >= 0.6 is 22.6 Å². The topological polar surface area (TPSA) is 55.1 Å². The van der Waals surface area contributed by atoms with Crippen LogP contribution < -0.4 is 0 Å². The number of nitrogens with zero attached hydrogens (tertiary/aromatic N) is 2. The highest BCUT2D eigenvalue weighted by molar-refractivity contribution is 14.1. The molecule has 0 aliphatic carbocycles. The van der Waals surface area contributed by atoms with Crippen LogP contribution in [0.4, 0.5) is 4.39 Å². The molecular weight excluding hydrogens is 350 g/mol. The quantitative estimate of drug-likeness (QED) is 0.678. The van der Waals surface area contributed by atoms with E-state index in [1.807, 2.05) is 0 Å². The van der Waals surface area contributed by atoms with Crippen LogP contribution in [0.25, 0.3) is 11.8 Å². The molecule has 2 rings (SSSR count). The first-order valence-corrected chi connectivity index (χ1v) is 6.06. The summed E-state index contributed by atoms with van der Waals surface area (Å²) in [5.74, 6) is -1.54. The Kier molecular flexibility index (Phi) is 3.75. The Bertz CT molecular complexity index is 622. The smallest absolute Gasteiger partial charge is 0.328 e. The van der Waals surface area contributed by atoms with Crippen molar-refractivity contribution < 1.29 is 14.3 Å². The minimum atomic E-state index is -1.08. The lowest BCUT2D eigenvalue weighted by Gasteiger charge is -2.07. The first kappa shape index (κ1) is 12.7. The fourth-order valence-electron chi connectivity index (χ4n) is 1.49. The number of rotatable bonds is 3. The summed E-state index contributed by atoms with van der Waals surface area (Å²) in [6.45, 7) is 0. The highest BCUT2D eigenvalue weighted by Crippen LogP contribution is 2.20. The number of aromatic nitrogens is 2. The van der Waals surface area contributed by atoms with Crippen molar-refractivity contribution in [3.05, 3.63) is 51.6 Å². The van der Waals surface area contributed by atoms with Crippen LogP contribution in [0.1, 0.15) is 5.56 Å². The van der Waals surface area contributed by atoms with E-state index in [1.54, 1.807) is 18.5 Å². The fraction of sp³-hybridized carbons (Fsp3) is 0. The number of hydrogen-bond acceptors (Lipinski definition) is 2. The summed E-state index contributed by atoms with van der Waals surface area (Å²) in [4.78, 5) is 10.5. The molecule has 1 heterocycles. The minimum Gasteiger partial charge on any atom is -0.478 e. The van der Waals surface area contributed by atoms with Crippen molar-refractivity contribution >= 4 is 34.6 Å². The molecule has 4 nitrogen and oxygen atoms in total. The van der Waals surface area contributed by atoms with E-state index in [-0.39, 0.29) is 5.69 Å². The lowest BCUT2D eigenvalue weighted by atomic mass is 10.1. The zero-order valence-corrected chi connectivity index (χ0v) is 11.2.